The molecule has 1 heterocycles. The lowest BCUT2D eigenvalue weighted by molar-refractivity contribution is 0.447. The van der Waals surface area contributed by atoms with E-state index >= 15 is 0 Å². The van der Waals surface area contributed by atoms with Crippen molar-refractivity contribution in [2.24, 2.45) is 16.6 Å². The summed E-state index contributed by atoms with van der Waals surface area (Å²) in [7, 11) is 0. The first-order chi connectivity index (χ1) is 11.8. The Morgan fingerprint density at radius 3 is 2.54 bits per heavy atom. The average molecular weight is 330 g/mol. The second-order valence-corrected chi connectivity index (χ2v) is 6.27. The van der Waals surface area contributed by atoms with E-state index in [0.717, 1.165) is 19.6 Å². The molecule has 2 rings (SSSR count). The Bertz CT molecular complexity index is 467. The Balaban J connectivity index is 0.000000300. The Morgan fingerprint density at radius 1 is 1.25 bits per heavy atom. The maximum atomic E-state index is 5.35. The highest BCUT2D eigenvalue weighted by atomic mass is 15.2. The van der Waals surface area contributed by atoms with Crippen molar-refractivity contribution in [1.29, 1.82) is 0 Å². The number of aliphatic imine (C=N–C) groups is 1. The van der Waals surface area contributed by atoms with Crippen LogP contribution in [-0.2, 0) is 6.54 Å². The smallest absolute Gasteiger partial charge is 0.102 e. The van der Waals surface area contributed by atoms with Crippen molar-refractivity contribution in [1.82, 2.24) is 4.90 Å². The molecule has 1 atom stereocenters. The topological polar surface area (TPSA) is 41.6 Å². The van der Waals surface area contributed by atoms with E-state index in [9.17, 15) is 0 Å². The molecule has 3 nitrogen and oxygen atoms in total. The normalized spacial score (nSPS) is 14.6. The summed E-state index contributed by atoms with van der Waals surface area (Å²) in [5, 5.41) is 0. The standard InChI is InChI=1S/C14H26N2.C7H9N/c1-4-7-8-9-13(6-3)14-15-10-12-16(14)11-5-2;8-6-7-4-2-1-3-5-7/h5,13H,2,4,6-12H2,1,3H3;1-5H,6,8H2. The molecule has 0 saturated heterocycles. The lowest BCUT2D eigenvalue weighted by Gasteiger charge is -2.24. The molecule has 1 aromatic rings. The van der Waals surface area contributed by atoms with E-state index in [0.29, 0.717) is 12.5 Å². The molecule has 1 unspecified atom stereocenters. The van der Waals surface area contributed by atoms with E-state index in [4.69, 9.17) is 5.73 Å². The first-order valence-electron chi connectivity index (χ1n) is 9.40. The third kappa shape index (κ3) is 7.31. The van der Waals surface area contributed by atoms with Crippen molar-refractivity contribution < 1.29 is 0 Å². The van der Waals surface area contributed by atoms with Gasteiger partial charge in [-0.1, -0.05) is 69.5 Å². The summed E-state index contributed by atoms with van der Waals surface area (Å²) >= 11 is 0. The summed E-state index contributed by atoms with van der Waals surface area (Å²) in [6.45, 7) is 12.0. The molecule has 0 radical (unpaired) electrons. The molecule has 2 N–H and O–H groups in total. The van der Waals surface area contributed by atoms with Crippen LogP contribution in [0.1, 0.15) is 51.5 Å². The molecule has 24 heavy (non-hydrogen) atoms. The van der Waals surface area contributed by atoms with E-state index in [2.05, 4.69) is 30.3 Å². The van der Waals surface area contributed by atoms with Crippen molar-refractivity contribution in [2.45, 2.75) is 52.5 Å². The molecule has 0 fully saturated rings. The van der Waals surface area contributed by atoms with E-state index in [1.807, 2.05) is 36.4 Å². The maximum absolute atomic E-state index is 5.35. The van der Waals surface area contributed by atoms with Gasteiger partial charge in [0.05, 0.1) is 6.54 Å². The van der Waals surface area contributed by atoms with Crippen LogP contribution in [0.25, 0.3) is 0 Å². The molecule has 0 aromatic heterocycles. The van der Waals surface area contributed by atoms with Crippen molar-refractivity contribution in [3.63, 3.8) is 0 Å². The summed E-state index contributed by atoms with van der Waals surface area (Å²) in [5.41, 5.74) is 6.54. The second-order valence-electron chi connectivity index (χ2n) is 6.27. The van der Waals surface area contributed by atoms with Gasteiger partial charge in [0.1, 0.15) is 5.84 Å². The molecule has 0 bridgehead atoms. The number of hydrogen-bond donors (Lipinski definition) is 1. The Hall–Kier alpha value is -1.61. The molecular formula is C21H35N3. The summed E-state index contributed by atoms with van der Waals surface area (Å²) in [5.74, 6) is 2.02. The lowest BCUT2D eigenvalue weighted by Crippen LogP contribution is -2.33. The second kappa shape index (κ2) is 12.8. The highest BCUT2D eigenvalue weighted by Gasteiger charge is 2.22. The Kier molecular flexibility index (Phi) is 10.9. The molecule has 0 amide bonds. The Labute approximate surface area is 148 Å². The van der Waals surface area contributed by atoms with Crippen molar-refractivity contribution >= 4 is 5.84 Å². The van der Waals surface area contributed by atoms with Crippen molar-refractivity contribution in [3.8, 4) is 0 Å². The molecule has 0 saturated carbocycles. The minimum absolute atomic E-state index is 0.640. The molecular weight excluding hydrogens is 294 g/mol. The number of unbranched alkanes of at least 4 members (excludes halogenated alkanes) is 2. The van der Waals surface area contributed by atoms with Gasteiger partial charge in [0.25, 0.3) is 0 Å². The minimum Gasteiger partial charge on any atom is -0.355 e. The fourth-order valence-corrected chi connectivity index (χ4v) is 3.00. The number of rotatable bonds is 9. The molecule has 1 aliphatic rings. The van der Waals surface area contributed by atoms with Gasteiger partial charge in [0.2, 0.25) is 0 Å². The van der Waals surface area contributed by atoms with Crippen molar-refractivity contribution in [2.75, 3.05) is 19.6 Å². The van der Waals surface area contributed by atoms with Gasteiger partial charge >= 0.3 is 0 Å². The zero-order chi connectivity index (χ0) is 17.6. The Morgan fingerprint density at radius 2 is 2.00 bits per heavy atom. The van der Waals surface area contributed by atoms with E-state index in [-0.39, 0.29) is 0 Å². The summed E-state index contributed by atoms with van der Waals surface area (Å²) in [6, 6.07) is 9.99. The number of nitrogens with zero attached hydrogens (tertiary/aromatic N) is 2. The van der Waals surface area contributed by atoms with Gasteiger partial charge in [0, 0.05) is 25.6 Å². The van der Waals surface area contributed by atoms with Crippen LogP contribution in [0.15, 0.2) is 48.0 Å². The first kappa shape index (κ1) is 20.4. The van der Waals surface area contributed by atoms with Crippen LogP contribution in [-0.4, -0.2) is 30.4 Å². The van der Waals surface area contributed by atoms with Crippen LogP contribution in [0.3, 0.4) is 0 Å². The summed E-state index contributed by atoms with van der Waals surface area (Å²) < 4.78 is 0. The zero-order valence-corrected chi connectivity index (χ0v) is 15.6. The number of hydrogen-bond acceptors (Lipinski definition) is 3. The third-order valence-electron chi connectivity index (χ3n) is 4.41. The zero-order valence-electron chi connectivity index (χ0n) is 15.6. The molecule has 3 heteroatoms. The predicted molar refractivity (Wildman–Crippen MR) is 106 cm³/mol. The first-order valence-corrected chi connectivity index (χ1v) is 9.40. The number of nitrogens with two attached hydrogens (primary N) is 1. The monoisotopic (exact) mass is 329 g/mol. The molecule has 0 aliphatic carbocycles. The van der Waals surface area contributed by atoms with Crippen LogP contribution < -0.4 is 5.73 Å². The van der Waals surface area contributed by atoms with Gasteiger partial charge in [-0.3, -0.25) is 4.99 Å². The third-order valence-corrected chi connectivity index (χ3v) is 4.41. The van der Waals surface area contributed by atoms with Gasteiger partial charge in [-0.05, 0) is 18.4 Å². The molecule has 1 aliphatic heterocycles. The summed E-state index contributed by atoms with van der Waals surface area (Å²) in [6.07, 6.45) is 8.51. The van der Waals surface area contributed by atoms with Crippen molar-refractivity contribution in [3.05, 3.63) is 48.6 Å². The van der Waals surface area contributed by atoms with Gasteiger partial charge in [-0.2, -0.15) is 0 Å². The van der Waals surface area contributed by atoms with Crippen LogP contribution in [0.4, 0.5) is 0 Å². The van der Waals surface area contributed by atoms with E-state index < -0.39 is 0 Å². The summed E-state index contributed by atoms with van der Waals surface area (Å²) in [4.78, 5) is 7.08. The molecule has 134 valence electrons. The number of amidine groups is 1. The molecule has 1 aromatic carbocycles. The number of benzene rings is 1. The average Bonchev–Trinajstić information content (AvgIpc) is 3.08. The van der Waals surface area contributed by atoms with Crippen LogP contribution >= 0.6 is 0 Å². The highest BCUT2D eigenvalue weighted by Crippen LogP contribution is 2.20. The minimum atomic E-state index is 0.640. The lowest BCUT2D eigenvalue weighted by atomic mass is 9.97. The highest BCUT2D eigenvalue weighted by molar-refractivity contribution is 5.86. The van der Waals surface area contributed by atoms with E-state index in [1.165, 1.54) is 43.5 Å². The molecule has 0 spiro atoms. The van der Waals surface area contributed by atoms with Gasteiger partial charge in [-0.25, -0.2) is 0 Å². The predicted octanol–water partition coefficient (Wildman–Crippen LogP) is 4.64. The largest absolute Gasteiger partial charge is 0.355 e. The fourth-order valence-electron chi connectivity index (χ4n) is 3.00. The van der Waals surface area contributed by atoms with Crippen LogP contribution in [0.2, 0.25) is 0 Å². The fraction of sp³-hybridized carbons (Fsp3) is 0.571. The SMILES string of the molecule is C=CCN1CCN=C1C(CC)CCCCC.NCc1ccccc1. The van der Waals surface area contributed by atoms with E-state index in [1.54, 1.807) is 0 Å². The quantitative estimate of drug-likeness (QED) is 0.530. The maximum Gasteiger partial charge on any atom is 0.102 e. The van der Waals surface area contributed by atoms with Gasteiger partial charge < -0.3 is 10.6 Å². The van der Waals surface area contributed by atoms with Crippen LogP contribution in [0.5, 0.6) is 0 Å². The van der Waals surface area contributed by atoms with Gasteiger partial charge in [0.15, 0.2) is 0 Å². The van der Waals surface area contributed by atoms with Crippen LogP contribution in [0, 0.1) is 5.92 Å². The van der Waals surface area contributed by atoms with Gasteiger partial charge in [-0.15, -0.1) is 6.58 Å².